The Hall–Kier alpha value is -0.850. The zero-order valence-corrected chi connectivity index (χ0v) is 8.16. The summed E-state index contributed by atoms with van der Waals surface area (Å²) in [5, 5.41) is 2.52. The van der Waals surface area contributed by atoms with Gasteiger partial charge in [0.2, 0.25) is 0 Å². The zero-order chi connectivity index (χ0) is 8.55. The third-order valence-electron chi connectivity index (χ3n) is 1.57. The van der Waals surface area contributed by atoms with Crippen molar-refractivity contribution in [3.8, 4) is 0 Å². The highest BCUT2D eigenvalue weighted by molar-refractivity contribution is 14.1. The fourth-order valence-corrected chi connectivity index (χ4v) is 1.56. The van der Waals surface area contributed by atoms with Crippen molar-refractivity contribution in [2.24, 2.45) is 0 Å². The predicted molar refractivity (Wildman–Crippen MR) is 50.8 cm³/mol. The molecule has 4 nitrogen and oxygen atoms in total. The number of fused-ring (bicyclic) bond motifs is 1. The first-order chi connectivity index (χ1) is 5.77. The van der Waals surface area contributed by atoms with Gasteiger partial charge in [-0.2, -0.15) is 0 Å². The number of pyridine rings is 1. The van der Waals surface area contributed by atoms with Gasteiger partial charge in [-0.1, -0.05) is 0 Å². The molecule has 1 aliphatic rings. The van der Waals surface area contributed by atoms with E-state index in [1.54, 1.807) is 6.20 Å². The lowest BCUT2D eigenvalue weighted by Gasteiger charge is -2.16. The Morgan fingerprint density at radius 2 is 2.50 bits per heavy atom. The first-order valence-corrected chi connectivity index (χ1v) is 4.42. The van der Waals surface area contributed by atoms with E-state index >= 15 is 0 Å². The minimum absolute atomic E-state index is 0.313. The molecule has 0 aliphatic carbocycles. The summed E-state index contributed by atoms with van der Waals surface area (Å²) in [6, 6.07) is 1.88. The lowest BCUT2D eigenvalue weighted by atomic mass is 10.2. The molecule has 2 heterocycles. The second-order valence-corrected chi connectivity index (χ2v) is 3.48. The van der Waals surface area contributed by atoms with E-state index in [0.29, 0.717) is 12.4 Å². The minimum Gasteiger partial charge on any atom is -0.444 e. The number of ether oxygens (including phenoxy) is 1. The van der Waals surface area contributed by atoms with Crippen molar-refractivity contribution in [3.63, 3.8) is 0 Å². The molecule has 1 N–H and O–H groups in total. The van der Waals surface area contributed by atoms with Crippen LogP contribution in [0.3, 0.4) is 0 Å². The van der Waals surface area contributed by atoms with Crippen LogP contribution in [0.2, 0.25) is 0 Å². The number of carbonyl (C=O) groups is 1. The fourth-order valence-electron chi connectivity index (χ4n) is 0.984. The maximum atomic E-state index is 10.8. The van der Waals surface area contributed by atoms with Gasteiger partial charge in [0, 0.05) is 15.3 Å². The summed E-state index contributed by atoms with van der Waals surface area (Å²) >= 11 is 2.18. The number of aromatic nitrogens is 1. The largest absolute Gasteiger partial charge is 0.444 e. The summed E-state index contributed by atoms with van der Waals surface area (Å²) in [6.07, 6.45) is 1.23. The van der Waals surface area contributed by atoms with Crippen molar-refractivity contribution in [2.45, 2.75) is 6.61 Å². The van der Waals surface area contributed by atoms with E-state index in [2.05, 4.69) is 32.9 Å². The Labute approximate surface area is 82.5 Å². The summed E-state index contributed by atoms with van der Waals surface area (Å²) in [5.74, 6) is 0.609. The lowest BCUT2D eigenvalue weighted by Crippen LogP contribution is -2.22. The van der Waals surface area contributed by atoms with Gasteiger partial charge in [-0.3, -0.25) is 5.32 Å². The third kappa shape index (κ3) is 1.24. The number of amides is 1. The fraction of sp³-hybridized carbons (Fsp3) is 0.143. The molecule has 0 spiro atoms. The highest BCUT2D eigenvalue weighted by atomic mass is 127. The normalized spacial score (nSPS) is 14.6. The molecule has 1 aromatic rings. The van der Waals surface area contributed by atoms with Gasteiger partial charge >= 0.3 is 6.09 Å². The molecule has 12 heavy (non-hydrogen) atoms. The molecule has 1 aromatic heterocycles. The van der Waals surface area contributed by atoms with Crippen molar-refractivity contribution >= 4 is 34.5 Å². The quantitative estimate of drug-likeness (QED) is 0.734. The highest BCUT2D eigenvalue weighted by Crippen LogP contribution is 2.23. The molecular weight excluding hydrogens is 271 g/mol. The Balaban J connectivity index is 2.48. The number of hydrogen-bond acceptors (Lipinski definition) is 3. The molecule has 5 heteroatoms. The molecule has 2 rings (SSSR count). The number of nitrogens with zero attached hydrogens (tertiary/aromatic N) is 1. The zero-order valence-electron chi connectivity index (χ0n) is 6.00. The van der Waals surface area contributed by atoms with Crippen molar-refractivity contribution in [1.29, 1.82) is 0 Å². The number of anilines is 1. The molecule has 0 saturated heterocycles. The Morgan fingerprint density at radius 3 is 3.33 bits per heavy atom. The SMILES string of the molecule is O=C1Nc2nccc(I)c2CO1. The van der Waals surface area contributed by atoms with E-state index in [-0.39, 0.29) is 0 Å². The van der Waals surface area contributed by atoms with E-state index in [1.807, 2.05) is 6.07 Å². The van der Waals surface area contributed by atoms with Gasteiger partial charge in [-0.25, -0.2) is 9.78 Å². The topological polar surface area (TPSA) is 51.2 Å². The van der Waals surface area contributed by atoms with Crippen LogP contribution < -0.4 is 5.32 Å². The van der Waals surface area contributed by atoms with Gasteiger partial charge in [-0.15, -0.1) is 0 Å². The molecule has 0 bridgehead atoms. The Morgan fingerprint density at radius 1 is 1.67 bits per heavy atom. The lowest BCUT2D eigenvalue weighted by molar-refractivity contribution is 0.150. The van der Waals surface area contributed by atoms with Crippen LogP contribution in [0.4, 0.5) is 10.6 Å². The van der Waals surface area contributed by atoms with Crippen LogP contribution in [-0.2, 0) is 11.3 Å². The average molecular weight is 276 g/mol. The molecule has 0 fully saturated rings. The van der Waals surface area contributed by atoms with Gasteiger partial charge < -0.3 is 4.74 Å². The van der Waals surface area contributed by atoms with Crippen molar-refractivity contribution < 1.29 is 9.53 Å². The number of cyclic esters (lactones) is 1. The maximum absolute atomic E-state index is 10.8. The molecule has 0 radical (unpaired) electrons. The maximum Gasteiger partial charge on any atom is 0.413 e. The second-order valence-electron chi connectivity index (χ2n) is 2.32. The first kappa shape index (κ1) is 7.78. The summed E-state index contributed by atoms with van der Waals surface area (Å²) < 4.78 is 5.84. The second kappa shape index (κ2) is 2.89. The van der Waals surface area contributed by atoms with Gasteiger partial charge in [0.05, 0.1) is 0 Å². The number of halogens is 1. The van der Waals surface area contributed by atoms with E-state index in [1.165, 1.54) is 0 Å². The number of carbonyl (C=O) groups excluding carboxylic acids is 1. The number of hydrogen-bond donors (Lipinski definition) is 1. The smallest absolute Gasteiger partial charge is 0.413 e. The van der Waals surface area contributed by atoms with E-state index < -0.39 is 6.09 Å². The molecular formula is C7H5IN2O2. The van der Waals surface area contributed by atoms with Crippen LogP contribution in [0.5, 0.6) is 0 Å². The van der Waals surface area contributed by atoms with Gasteiger partial charge in [-0.05, 0) is 28.7 Å². The van der Waals surface area contributed by atoms with Crippen molar-refractivity contribution in [2.75, 3.05) is 5.32 Å². The summed E-state index contributed by atoms with van der Waals surface area (Å²) in [5.41, 5.74) is 0.942. The Kier molecular flexibility index (Phi) is 1.87. The van der Waals surface area contributed by atoms with Crippen molar-refractivity contribution in [1.82, 2.24) is 4.98 Å². The van der Waals surface area contributed by atoms with Crippen LogP contribution in [0, 0.1) is 3.57 Å². The average Bonchev–Trinajstić information content (AvgIpc) is 2.04. The number of nitrogens with one attached hydrogen (secondary N) is 1. The van der Waals surface area contributed by atoms with Crippen LogP contribution in [0.15, 0.2) is 12.3 Å². The molecule has 1 aliphatic heterocycles. The Bertz CT molecular complexity index is 340. The molecule has 62 valence electrons. The monoisotopic (exact) mass is 276 g/mol. The van der Waals surface area contributed by atoms with Gasteiger partial charge in [0.25, 0.3) is 0 Å². The van der Waals surface area contributed by atoms with E-state index in [0.717, 1.165) is 9.13 Å². The van der Waals surface area contributed by atoms with Crippen LogP contribution in [-0.4, -0.2) is 11.1 Å². The molecule has 0 saturated carbocycles. The van der Waals surface area contributed by atoms with Gasteiger partial charge in [0.15, 0.2) is 0 Å². The third-order valence-corrected chi connectivity index (χ3v) is 2.58. The molecule has 0 aromatic carbocycles. The molecule has 0 unspecified atom stereocenters. The number of rotatable bonds is 0. The molecule has 0 atom stereocenters. The van der Waals surface area contributed by atoms with Crippen LogP contribution >= 0.6 is 22.6 Å². The van der Waals surface area contributed by atoms with Crippen molar-refractivity contribution in [3.05, 3.63) is 21.4 Å². The molecule has 1 amide bonds. The highest BCUT2D eigenvalue weighted by Gasteiger charge is 2.18. The summed E-state index contributed by atoms with van der Waals surface area (Å²) in [7, 11) is 0. The van der Waals surface area contributed by atoms with Gasteiger partial charge in [0.1, 0.15) is 12.4 Å². The summed E-state index contributed by atoms with van der Waals surface area (Å²) in [4.78, 5) is 14.8. The first-order valence-electron chi connectivity index (χ1n) is 3.34. The van der Waals surface area contributed by atoms with Crippen LogP contribution in [0.1, 0.15) is 5.56 Å². The standard InChI is InChI=1S/C7H5IN2O2/c8-5-1-2-9-6-4(5)3-12-7(11)10-6/h1-2H,3H2,(H,9,10,11). The van der Waals surface area contributed by atoms with E-state index in [9.17, 15) is 4.79 Å². The van der Waals surface area contributed by atoms with Crippen LogP contribution in [0.25, 0.3) is 0 Å². The van der Waals surface area contributed by atoms with E-state index in [4.69, 9.17) is 4.74 Å². The summed E-state index contributed by atoms with van der Waals surface area (Å²) in [6.45, 7) is 0.313. The minimum atomic E-state index is -0.433. The predicted octanol–water partition coefficient (Wildman–Crippen LogP) is 1.75.